The van der Waals surface area contributed by atoms with Gasteiger partial charge in [0, 0.05) is 31.6 Å². The van der Waals surface area contributed by atoms with Crippen LogP contribution in [-0.4, -0.2) is 42.5 Å². The first-order chi connectivity index (χ1) is 13.0. The third kappa shape index (κ3) is 7.07. The van der Waals surface area contributed by atoms with E-state index in [9.17, 15) is 14.9 Å². The lowest BCUT2D eigenvalue weighted by Gasteiger charge is -2.16. The number of hydrogen-bond acceptors (Lipinski definition) is 5. The molecule has 0 saturated heterocycles. The Hall–Kier alpha value is -2.93. The standard InChI is InChI=1S/C20H25N3O4/c1-16-9-10-17(23(25)26)15-19(16)21-20(24)11-13-22(2)12-6-14-27-18-7-4-3-5-8-18/h3-5,7-10,15H,6,11-14H2,1-2H3,(H,21,24). The molecule has 0 unspecified atom stereocenters. The van der Waals surface area contributed by atoms with E-state index in [0.717, 1.165) is 24.3 Å². The van der Waals surface area contributed by atoms with Crippen LogP contribution in [0.1, 0.15) is 18.4 Å². The Balaban J connectivity index is 1.69. The molecule has 2 rings (SSSR count). The molecule has 0 heterocycles. The quantitative estimate of drug-likeness (QED) is 0.392. The smallest absolute Gasteiger partial charge is 0.271 e. The Morgan fingerprint density at radius 2 is 1.93 bits per heavy atom. The zero-order valence-corrected chi connectivity index (χ0v) is 15.7. The van der Waals surface area contributed by atoms with Crippen molar-refractivity contribution < 1.29 is 14.5 Å². The average Bonchev–Trinajstić information content (AvgIpc) is 2.66. The van der Waals surface area contributed by atoms with Gasteiger partial charge in [-0.2, -0.15) is 0 Å². The number of nitro groups is 1. The molecule has 0 aliphatic carbocycles. The largest absolute Gasteiger partial charge is 0.494 e. The van der Waals surface area contributed by atoms with Gasteiger partial charge in [0.2, 0.25) is 5.91 Å². The molecule has 0 radical (unpaired) electrons. The highest BCUT2D eigenvalue weighted by Crippen LogP contribution is 2.21. The summed E-state index contributed by atoms with van der Waals surface area (Å²) in [5.41, 5.74) is 1.24. The maximum Gasteiger partial charge on any atom is 0.271 e. The Bertz CT molecular complexity index is 765. The van der Waals surface area contributed by atoms with Crippen LogP contribution in [0.3, 0.4) is 0 Å². The highest BCUT2D eigenvalue weighted by Gasteiger charge is 2.11. The average molecular weight is 371 g/mol. The number of carbonyl (C=O) groups is 1. The number of nitrogens with one attached hydrogen (secondary N) is 1. The third-order valence-electron chi connectivity index (χ3n) is 4.12. The van der Waals surface area contributed by atoms with Crippen LogP contribution in [0.4, 0.5) is 11.4 Å². The fourth-order valence-electron chi connectivity index (χ4n) is 2.52. The Morgan fingerprint density at radius 1 is 1.19 bits per heavy atom. The number of anilines is 1. The first-order valence-electron chi connectivity index (χ1n) is 8.87. The van der Waals surface area contributed by atoms with Crippen molar-refractivity contribution in [3.63, 3.8) is 0 Å². The van der Waals surface area contributed by atoms with Crippen molar-refractivity contribution in [2.45, 2.75) is 19.8 Å². The minimum Gasteiger partial charge on any atom is -0.494 e. The SMILES string of the molecule is Cc1ccc([N+](=O)[O-])cc1NC(=O)CCN(C)CCCOc1ccccc1. The van der Waals surface area contributed by atoms with E-state index >= 15 is 0 Å². The van der Waals surface area contributed by atoms with E-state index in [1.807, 2.05) is 37.4 Å². The molecule has 0 aliphatic heterocycles. The molecule has 27 heavy (non-hydrogen) atoms. The number of aryl methyl sites for hydroxylation is 1. The molecule has 0 atom stereocenters. The summed E-state index contributed by atoms with van der Waals surface area (Å²) in [5.74, 6) is 0.692. The minimum absolute atomic E-state index is 0.0357. The Labute approximate surface area is 159 Å². The summed E-state index contributed by atoms with van der Waals surface area (Å²) in [6.45, 7) is 3.84. The second-order valence-electron chi connectivity index (χ2n) is 6.37. The topological polar surface area (TPSA) is 84.7 Å². The van der Waals surface area contributed by atoms with Crippen LogP contribution in [0.25, 0.3) is 0 Å². The monoisotopic (exact) mass is 371 g/mol. The maximum absolute atomic E-state index is 12.1. The lowest BCUT2D eigenvalue weighted by molar-refractivity contribution is -0.384. The zero-order valence-electron chi connectivity index (χ0n) is 15.7. The number of para-hydroxylation sites is 1. The molecule has 1 N–H and O–H groups in total. The van der Waals surface area contributed by atoms with Crippen LogP contribution in [0.15, 0.2) is 48.5 Å². The molecule has 2 aromatic carbocycles. The molecule has 144 valence electrons. The second kappa shape index (κ2) is 10.3. The molecule has 1 amide bonds. The van der Waals surface area contributed by atoms with Gasteiger partial charge in [-0.3, -0.25) is 14.9 Å². The van der Waals surface area contributed by atoms with E-state index in [2.05, 4.69) is 10.2 Å². The first-order valence-corrected chi connectivity index (χ1v) is 8.87. The van der Waals surface area contributed by atoms with Crippen molar-refractivity contribution in [2.75, 3.05) is 32.1 Å². The van der Waals surface area contributed by atoms with Crippen molar-refractivity contribution >= 4 is 17.3 Å². The highest BCUT2D eigenvalue weighted by molar-refractivity contribution is 5.92. The van der Waals surface area contributed by atoms with E-state index in [1.54, 1.807) is 13.0 Å². The molecule has 2 aromatic rings. The van der Waals surface area contributed by atoms with Crippen molar-refractivity contribution in [1.82, 2.24) is 4.90 Å². The van der Waals surface area contributed by atoms with Gasteiger partial charge in [-0.15, -0.1) is 0 Å². The fourth-order valence-corrected chi connectivity index (χ4v) is 2.52. The summed E-state index contributed by atoms with van der Waals surface area (Å²) in [5, 5.41) is 13.6. The zero-order chi connectivity index (χ0) is 19.6. The first kappa shape index (κ1) is 20.4. The van der Waals surface area contributed by atoms with Gasteiger partial charge in [-0.1, -0.05) is 24.3 Å². The third-order valence-corrected chi connectivity index (χ3v) is 4.12. The summed E-state index contributed by atoms with van der Waals surface area (Å²) < 4.78 is 5.64. The summed E-state index contributed by atoms with van der Waals surface area (Å²) >= 11 is 0. The molecule has 0 aromatic heterocycles. The molecule has 0 aliphatic rings. The maximum atomic E-state index is 12.1. The molecule has 0 spiro atoms. The predicted molar refractivity (Wildman–Crippen MR) is 105 cm³/mol. The molecule has 0 fully saturated rings. The van der Waals surface area contributed by atoms with E-state index in [-0.39, 0.29) is 11.6 Å². The number of nitrogens with zero attached hydrogens (tertiary/aromatic N) is 2. The highest BCUT2D eigenvalue weighted by atomic mass is 16.6. The summed E-state index contributed by atoms with van der Waals surface area (Å²) in [6, 6.07) is 14.1. The van der Waals surface area contributed by atoms with Gasteiger partial charge in [-0.25, -0.2) is 0 Å². The van der Waals surface area contributed by atoms with Crippen LogP contribution < -0.4 is 10.1 Å². The van der Waals surface area contributed by atoms with Crippen molar-refractivity contribution in [3.8, 4) is 5.75 Å². The van der Waals surface area contributed by atoms with Gasteiger partial charge in [0.15, 0.2) is 0 Å². The predicted octanol–water partition coefficient (Wildman–Crippen LogP) is 3.63. The molecule has 7 nitrogen and oxygen atoms in total. The van der Waals surface area contributed by atoms with Gasteiger partial charge in [0.25, 0.3) is 5.69 Å². The van der Waals surface area contributed by atoms with Crippen molar-refractivity contribution in [2.24, 2.45) is 0 Å². The van der Waals surface area contributed by atoms with Crippen LogP contribution >= 0.6 is 0 Å². The van der Waals surface area contributed by atoms with Crippen LogP contribution in [0.2, 0.25) is 0 Å². The number of hydrogen-bond donors (Lipinski definition) is 1. The van der Waals surface area contributed by atoms with Gasteiger partial charge in [0.05, 0.1) is 17.2 Å². The number of rotatable bonds is 10. The normalized spacial score (nSPS) is 10.6. The number of non-ortho nitro benzene ring substituents is 1. The minimum atomic E-state index is -0.472. The van der Waals surface area contributed by atoms with Crippen LogP contribution in [0, 0.1) is 17.0 Å². The number of carbonyl (C=O) groups excluding carboxylic acids is 1. The van der Waals surface area contributed by atoms with Crippen LogP contribution in [-0.2, 0) is 4.79 Å². The van der Waals surface area contributed by atoms with E-state index in [4.69, 9.17) is 4.74 Å². The summed E-state index contributed by atoms with van der Waals surface area (Å²) in [7, 11) is 1.95. The lowest BCUT2D eigenvalue weighted by Crippen LogP contribution is -2.26. The molecule has 0 saturated carbocycles. The van der Waals surface area contributed by atoms with Crippen LogP contribution in [0.5, 0.6) is 5.75 Å². The van der Waals surface area contributed by atoms with Gasteiger partial charge in [-0.05, 0) is 38.1 Å². The van der Waals surface area contributed by atoms with E-state index < -0.39 is 4.92 Å². The van der Waals surface area contributed by atoms with Crippen molar-refractivity contribution in [1.29, 1.82) is 0 Å². The number of amides is 1. The van der Waals surface area contributed by atoms with Crippen molar-refractivity contribution in [3.05, 3.63) is 64.2 Å². The number of nitro benzene ring substituents is 1. The molecular formula is C20H25N3O4. The Kier molecular flexibility index (Phi) is 7.76. The molecule has 7 heteroatoms. The van der Waals surface area contributed by atoms with Gasteiger partial charge >= 0.3 is 0 Å². The van der Waals surface area contributed by atoms with Gasteiger partial charge < -0.3 is 15.0 Å². The number of benzene rings is 2. The molecule has 0 bridgehead atoms. The fraction of sp³-hybridized carbons (Fsp3) is 0.350. The van der Waals surface area contributed by atoms with E-state index in [1.165, 1.54) is 12.1 Å². The van der Waals surface area contributed by atoms with Gasteiger partial charge in [0.1, 0.15) is 5.75 Å². The summed E-state index contributed by atoms with van der Waals surface area (Å²) in [6.07, 6.45) is 1.18. The lowest BCUT2D eigenvalue weighted by atomic mass is 10.1. The molecular weight excluding hydrogens is 346 g/mol. The number of ether oxygens (including phenoxy) is 1. The second-order valence-corrected chi connectivity index (χ2v) is 6.37. The Morgan fingerprint density at radius 3 is 2.63 bits per heavy atom. The van der Waals surface area contributed by atoms with E-state index in [0.29, 0.717) is 25.3 Å². The summed E-state index contributed by atoms with van der Waals surface area (Å²) in [4.78, 5) is 24.6.